The van der Waals surface area contributed by atoms with Crippen molar-refractivity contribution in [1.29, 1.82) is 0 Å². The van der Waals surface area contributed by atoms with Gasteiger partial charge in [0.2, 0.25) is 0 Å². The highest BCUT2D eigenvalue weighted by atomic mass is 35.5. The molecule has 1 unspecified atom stereocenters. The van der Waals surface area contributed by atoms with Crippen molar-refractivity contribution < 1.29 is 4.42 Å². The summed E-state index contributed by atoms with van der Waals surface area (Å²) in [7, 11) is 0. The predicted molar refractivity (Wildman–Crippen MR) is 87.7 cm³/mol. The van der Waals surface area contributed by atoms with E-state index in [2.05, 4.69) is 36.5 Å². The van der Waals surface area contributed by atoms with E-state index < -0.39 is 0 Å². The molecule has 2 aromatic carbocycles. The minimum atomic E-state index is 0.374. The van der Waals surface area contributed by atoms with Crippen LogP contribution in [0.5, 0.6) is 0 Å². The van der Waals surface area contributed by atoms with Crippen LogP contribution in [0, 0.1) is 0 Å². The van der Waals surface area contributed by atoms with Crippen molar-refractivity contribution in [3.63, 3.8) is 0 Å². The van der Waals surface area contributed by atoms with Gasteiger partial charge in [-0.1, -0.05) is 41.9 Å². The molecule has 1 aromatic heterocycles. The molecule has 0 bridgehead atoms. The monoisotopic (exact) mass is 299 g/mol. The van der Waals surface area contributed by atoms with Crippen molar-refractivity contribution >= 4 is 22.6 Å². The molecule has 3 heteroatoms. The molecule has 0 fully saturated rings. The lowest BCUT2D eigenvalue weighted by molar-refractivity contribution is 0.473. The SMILES string of the molecule is CC(Cc1ccc(Cl)cc1)NCc1cc2ccccc2o1. The van der Waals surface area contributed by atoms with Gasteiger partial charge in [0.15, 0.2) is 0 Å². The number of hydrogen-bond acceptors (Lipinski definition) is 2. The van der Waals surface area contributed by atoms with Gasteiger partial charge in [-0.05, 0) is 43.2 Å². The summed E-state index contributed by atoms with van der Waals surface area (Å²) in [6, 6.07) is 18.6. The highest BCUT2D eigenvalue weighted by molar-refractivity contribution is 6.30. The summed E-state index contributed by atoms with van der Waals surface area (Å²) in [6.07, 6.45) is 0.970. The molecule has 0 spiro atoms. The molecule has 0 aliphatic heterocycles. The Balaban J connectivity index is 1.57. The van der Waals surface area contributed by atoms with Crippen LogP contribution in [-0.4, -0.2) is 6.04 Å². The molecule has 1 atom stereocenters. The smallest absolute Gasteiger partial charge is 0.134 e. The van der Waals surface area contributed by atoms with Crippen molar-refractivity contribution in [2.45, 2.75) is 25.9 Å². The van der Waals surface area contributed by atoms with Gasteiger partial charge < -0.3 is 9.73 Å². The van der Waals surface area contributed by atoms with Gasteiger partial charge >= 0.3 is 0 Å². The number of para-hydroxylation sites is 1. The molecule has 0 saturated heterocycles. The summed E-state index contributed by atoms with van der Waals surface area (Å²) in [5.74, 6) is 0.971. The maximum Gasteiger partial charge on any atom is 0.134 e. The van der Waals surface area contributed by atoms with Crippen LogP contribution < -0.4 is 5.32 Å². The molecule has 0 radical (unpaired) electrons. The van der Waals surface area contributed by atoms with Gasteiger partial charge in [-0.25, -0.2) is 0 Å². The predicted octanol–water partition coefficient (Wildman–Crippen LogP) is 4.81. The summed E-state index contributed by atoms with van der Waals surface area (Å²) in [5, 5.41) is 5.43. The lowest BCUT2D eigenvalue weighted by atomic mass is 10.1. The van der Waals surface area contributed by atoms with Crippen molar-refractivity contribution in [2.75, 3.05) is 0 Å². The Hall–Kier alpha value is -1.77. The zero-order valence-corrected chi connectivity index (χ0v) is 12.7. The fraction of sp³-hybridized carbons (Fsp3) is 0.222. The van der Waals surface area contributed by atoms with E-state index in [0.29, 0.717) is 6.04 Å². The summed E-state index contributed by atoms with van der Waals surface area (Å²) in [6.45, 7) is 2.92. The normalized spacial score (nSPS) is 12.7. The van der Waals surface area contributed by atoms with E-state index in [0.717, 1.165) is 34.7 Å². The Bertz CT molecular complexity index is 684. The minimum absolute atomic E-state index is 0.374. The second-order valence-electron chi connectivity index (χ2n) is 5.36. The molecule has 3 rings (SSSR count). The van der Waals surface area contributed by atoms with Crippen molar-refractivity contribution in [1.82, 2.24) is 5.32 Å². The van der Waals surface area contributed by atoms with Crippen LogP contribution in [0.2, 0.25) is 5.02 Å². The number of hydrogen-bond donors (Lipinski definition) is 1. The van der Waals surface area contributed by atoms with Gasteiger partial charge in [0.1, 0.15) is 11.3 Å². The highest BCUT2D eigenvalue weighted by Crippen LogP contribution is 2.18. The molecule has 0 amide bonds. The third kappa shape index (κ3) is 3.66. The summed E-state index contributed by atoms with van der Waals surface area (Å²) in [5.41, 5.74) is 2.23. The second-order valence-corrected chi connectivity index (χ2v) is 5.80. The van der Waals surface area contributed by atoms with Crippen molar-refractivity contribution in [3.8, 4) is 0 Å². The average molecular weight is 300 g/mol. The number of nitrogens with one attached hydrogen (secondary N) is 1. The first-order chi connectivity index (χ1) is 10.2. The van der Waals surface area contributed by atoms with Crippen molar-refractivity contribution in [3.05, 3.63) is 70.9 Å². The lowest BCUT2D eigenvalue weighted by Crippen LogP contribution is -2.27. The fourth-order valence-electron chi connectivity index (χ4n) is 2.45. The van der Waals surface area contributed by atoms with E-state index in [1.165, 1.54) is 5.56 Å². The summed E-state index contributed by atoms with van der Waals surface area (Å²) in [4.78, 5) is 0. The Labute approximate surface area is 129 Å². The molecule has 108 valence electrons. The van der Waals surface area contributed by atoms with Crippen LogP contribution in [0.4, 0.5) is 0 Å². The van der Waals surface area contributed by atoms with Gasteiger partial charge in [-0.3, -0.25) is 0 Å². The molecular formula is C18H18ClNO. The van der Waals surface area contributed by atoms with Crippen LogP contribution in [0.3, 0.4) is 0 Å². The van der Waals surface area contributed by atoms with Crippen LogP contribution in [0.1, 0.15) is 18.2 Å². The first-order valence-corrected chi connectivity index (χ1v) is 7.54. The Morgan fingerprint density at radius 1 is 1.10 bits per heavy atom. The Kier molecular flexibility index (Phi) is 4.28. The third-order valence-corrected chi connectivity index (χ3v) is 3.81. The molecule has 21 heavy (non-hydrogen) atoms. The highest BCUT2D eigenvalue weighted by Gasteiger charge is 2.06. The van der Waals surface area contributed by atoms with Crippen LogP contribution in [0.25, 0.3) is 11.0 Å². The summed E-state index contributed by atoms with van der Waals surface area (Å²) >= 11 is 5.90. The maximum absolute atomic E-state index is 5.90. The van der Waals surface area contributed by atoms with Gasteiger partial charge in [0.05, 0.1) is 6.54 Å². The standard InChI is InChI=1S/C18H18ClNO/c1-13(10-14-6-8-16(19)9-7-14)20-12-17-11-15-4-2-3-5-18(15)21-17/h2-9,11,13,20H,10,12H2,1H3. The molecular weight excluding hydrogens is 282 g/mol. The third-order valence-electron chi connectivity index (χ3n) is 3.56. The lowest BCUT2D eigenvalue weighted by Gasteiger charge is -2.12. The number of benzene rings is 2. The number of rotatable bonds is 5. The maximum atomic E-state index is 5.90. The molecule has 3 aromatic rings. The largest absolute Gasteiger partial charge is 0.460 e. The van der Waals surface area contributed by atoms with Gasteiger partial charge in [-0.15, -0.1) is 0 Å². The Morgan fingerprint density at radius 3 is 2.62 bits per heavy atom. The molecule has 2 nitrogen and oxygen atoms in total. The van der Waals surface area contributed by atoms with E-state index in [1.54, 1.807) is 0 Å². The van der Waals surface area contributed by atoms with Crippen LogP contribution >= 0.6 is 11.6 Å². The van der Waals surface area contributed by atoms with E-state index in [1.807, 2.05) is 30.3 Å². The minimum Gasteiger partial charge on any atom is -0.460 e. The fourth-order valence-corrected chi connectivity index (χ4v) is 2.57. The summed E-state index contributed by atoms with van der Waals surface area (Å²) < 4.78 is 5.80. The van der Waals surface area contributed by atoms with E-state index in [-0.39, 0.29) is 0 Å². The first kappa shape index (κ1) is 14.2. The van der Waals surface area contributed by atoms with Crippen LogP contribution in [0.15, 0.2) is 59.0 Å². The molecule has 0 aliphatic carbocycles. The molecule has 0 aliphatic rings. The van der Waals surface area contributed by atoms with Gasteiger partial charge in [0.25, 0.3) is 0 Å². The molecule has 1 N–H and O–H groups in total. The van der Waals surface area contributed by atoms with Crippen LogP contribution in [-0.2, 0) is 13.0 Å². The van der Waals surface area contributed by atoms with Gasteiger partial charge in [0, 0.05) is 16.5 Å². The number of furan rings is 1. The zero-order valence-electron chi connectivity index (χ0n) is 12.0. The zero-order chi connectivity index (χ0) is 14.7. The Morgan fingerprint density at radius 2 is 1.86 bits per heavy atom. The topological polar surface area (TPSA) is 25.2 Å². The van der Waals surface area contributed by atoms with Gasteiger partial charge in [-0.2, -0.15) is 0 Å². The van der Waals surface area contributed by atoms with E-state index in [4.69, 9.17) is 16.0 Å². The van der Waals surface area contributed by atoms with Crippen molar-refractivity contribution in [2.24, 2.45) is 0 Å². The quantitative estimate of drug-likeness (QED) is 0.731. The first-order valence-electron chi connectivity index (χ1n) is 7.16. The molecule has 1 heterocycles. The second kappa shape index (κ2) is 6.33. The number of halogens is 1. The van der Waals surface area contributed by atoms with E-state index >= 15 is 0 Å². The molecule has 0 saturated carbocycles. The average Bonchev–Trinajstić information content (AvgIpc) is 2.90. The van der Waals surface area contributed by atoms with E-state index in [9.17, 15) is 0 Å². The number of fused-ring (bicyclic) bond motifs is 1.